The number of nitrogens with zero attached hydrogens (tertiary/aromatic N) is 1. The number of allylic oxidation sites excluding steroid dienone is 2. The number of rotatable bonds is 5. The lowest BCUT2D eigenvalue weighted by molar-refractivity contribution is -0.147. The molecule has 1 heterocycles. The first-order valence-corrected chi connectivity index (χ1v) is 11.1. The Labute approximate surface area is 184 Å². The molecule has 0 saturated carbocycles. The van der Waals surface area contributed by atoms with Crippen molar-refractivity contribution in [3.05, 3.63) is 71.4 Å². The van der Waals surface area contributed by atoms with E-state index in [1.807, 2.05) is 51.1 Å². The third-order valence-corrected chi connectivity index (χ3v) is 6.02. The molecule has 1 unspecified atom stereocenters. The van der Waals surface area contributed by atoms with Crippen LogP contribution in [0.2, 0.25) is 0 Å². The summed E-state index contributed by atoms with van der Waals surface area (Å²) in [5.74, 6) is -0.848. The Morgan fingerprint density at radius 3 is 2.39 bits per heavy atom. The van der Waals surface area contributed by atoms with Crippen LogP contribution in [0.3, 0.4) is 0 Å². The Kier molecular flexibility index (Phi) is 6.17. The number of esters is 1. The van der Waals surface area contributed by atoms with Gasteiger partial charge < -0.3 is 4.74 Å². The van der Waals surface area contributed by atoms with Gasteiger partial charge in [0.15, 0.2) is 5.78 Å². The van der Waals surface area contributed by atoms with Crippen LogP contribution in [0.4, 0.5) is 0 Å². The molecule has 0 radical (unpaired) electrons. The Bertz CT molecular complexity index is 1030. The second kappa shape index (κ2) is 9.01. The highest BCUT2D eigenvalue weighted by Crippen LogP contribution is 2.44. The van der Waals surface area contributed by atoms with Crippen molar-refractivity contribution in [1.82, 2.24) is 0 Å². The van der Waals surface area contributed by atoms with Gasteiger partial charge >= 0.3 is 5.97 Å². The zero-order valence-corrected chi connectivity index (χ0v) is 18.4. The molecule has 2 aliphatic rings. The summed E-state index contributed by atoms with van der Waals surface area (Å²) in [4.78, 5) is 30.8. The molecule has 2 atom stereocenters. The predicted molar refractivity (Wildman–Crippen MR) is 123 cm³/mol. The number of hydrogen-bond acceptors (Lipinski definition) is 4. The average molecular weight is 416 g/mol. The summed E-state index contributed by atoms with van der Waals surface area (Å²) in [5.41, 5.74) is 5.49. The van der Waals surface area contributed by atoms with Gasteiger partial charge in [0.2, 0.25) is 0 Å². The van der Waals surface area contributed by atoms with Crippen molar-refractivity contribution >= 4 is 17.5 Å². The van der Waals surface area contributed by atoms with Crippen LogP contribution in [-0.2, 0) is 14.3 Å². The first kappa shape index (κ1) is 21.2. The molecule has 0 amide bonds. The highest BCUT2D eigenvalue weighted by Gasteiger charge is 2.43. The van der Waals surface area contributed by atoms with E-state index in [1.54, 1.807) is 0 Å². The van der Waals surface area contributed by atoms with Crippen molar-refractivity contribution in [3.63, 3.8) is 0 Å². The molecule has 4 rings (SSSR count). The molecular formula is C27H29NO3. The SMILES string of the molecule is CC1=NC2=C(C(=O)CCC2)[C@H](c2ccc(-c3ccccc3)cc2)C1C(=O)OCC(C)C. The molecule has 1 aliphatic carbocycles. The summed E-state index contributed by atoms with van der Waals surface area (Å²) < 4.78 is 5.62. The number of hydrogen-bond donors (Lipinski definition) is 0. The quantitative estimate of drug-likeness (QED) is 0.586. The first-order valence-electron chi connectivity index (χ1n) is 11.1. The Morgan fingerprint density at radius 2 is 1.71 bits per heavy atom. The van der Waals surface area contributed by atoms with Gasteiger partial charge in [0.25, 0.3) is 0 Å². The summed E-state index contributed by atoms with van der Waals surface area (Å²) >= 11 is 0. The molecular weight excluding hydrogens is 386 g/mol. The molecule has 31 heavy (non-hydrogen) atoms. The van der Waals surface area contributed by atoms with Gasteiger partial charge in [0, 0.05) is 29.3 Å². The van der Waals surface area contributed by atoms with E-state index in [9.17, 15) is 9.59 Å². The van der Waals surface area contributed by atoms with Crippen LogP contribution >= 0.6 is 0 Å². The van der Waals surface area contributed by atoms with Gasteiger partial charge in [0.05, 0.1) is 6.61 Å². The third kappa shape index (κ3) is 4.39. The van der Waals surface area contributed by atoms with Crippen LogP contribution in [0.15, 0.2) is 70.9 Å². The lowest BCUT2D eigenvalue weighted by Crippen LogP contribution is -2.37. The molecule has 2 aromatic rings. The van der Waals surface area contributed by atoms with Crippen LogP contribution in [0.5, 0.6) is 0 Å². The van der Waals surface area contributed by atoms with Crippen molar-refractivity contribution in [2.75, 3.05) is 6.61 Å². The maximum atomic E-state index is 13.1. The Morgan fingerprint density at radius 1 is 1.03 bits per heavy atom. The number of Topliss-reactive ketones (excluding diaryl/α,β-unsaturated/α-hetero) is 1. The van der Waals surface area contributed by atoms with Gasteiger partial charge in [-0.3, -0.25) is 14.6 Å². The van der Waals surface area contributed by atoms with E-state index >= 15 is 0 Å². The topological polar surface area (TPSA) is 55.7 Å². The van der Waals surface area contributed by atoms with Gasteiger partial charge in [-0.15, -0.1) is 0 Å². The van der Waals surface area contributed by atoms with Crippen LogP contribution < -0.4 is 0 Å². The molecule has 2 aromatic carbocycles. The maximum absolute atomic E-state index is 13.1. The molecule has 0 N–H and O–H groups in total. The highest BCUT2D eigenvalue weighted by atomic mass is 16.5. The average Bonchev–Trinajstić information content (AvgIpc) is 2.77. The fourth-order valence-corrected chi connectivity index (χ4v) is 4.52. The van der Waals surface area contributed by atoms with Crippen molar-refractivity contribution < 1.29 is 14.3 Å². The predicted octanol–water partition coefficient (Wildman–Crippen LogP) is 5.73. The molecule has 4 heteroatoms. The van der Waals surface area contributed by atoms with E-state index in [1.165, 1.54) is 0 Å². The van der Waals surface area contributed by atoms with E-state index in [4.69, 9.17) is 9.73 Å². The molecule has 0 bridgehead atoms. The van der Waals surface area contributed by atoms with Crippen LogP contribution in [0.1, 0.15) is 51.5 Å². The third-order valence-electron chi connectivity index (χ3n) is 6.02. The van der Waals surface area contributed by atoms with Crippen LogP contribution in [0, 0.1) is 11.8 Å². The summed E-state index contributed by atoms with van der Waals surface area (Å²) in [6.45, 7) is 6.28. The lowest BCUT2D eigenvalue weighted by atomic mass is 9.71. The number of ether oxygens (including phenoxy) is 1. The van der Waals surface area contributed by atoms with E-state index < -0.39 is 5.92 Å². The first-order chi connectivity index (χ1) is 15.0. The molecule has 0 fully saturated rings. The minimum atomic E-state index is -0.567. The van der Waals surface area contributed by atoms with E-state index in [0.29, 0.717) is 18.6 Å². The van der Waals surface area contributed by atoms with Crippen molar-refractivity contribution in [1.29, 1.82) is 0 Å². The van der Waals surface area contributed by atoms with Gasteiger partial charge in [-0.25, -0.2) is 0 Å². The number of aliphatic imine (C=N–C) groups is 1. The van der Waals surface area contributed by atoms with E-state index in [2.05, 4.69) is 24.3 Å². The zero-order chi connectivity index (χ0) is 22.0. The Hall–Kier alpha value is -3.01. The second-order valence-corrected chi connectivity index (χ2v) is 8.86. The monoisotopic (exact) mass is 415 g/mol. The second-order valence-electron chi connectivity index (χ2n) is 8.86. The summed E-state index contributed by atoms with van der Waals surface area (Å²) in [5, 5.41) is 0. The molecule has 0 saturated heterocycles. The van der Waals surface area contributed by atoms with Gasteiger partial charge in [0.1, 0.15) is 5.92 Å². The molecule has 160 valence electrons. The highest BCUT2D eigenvalue weighted by molar-refractivity contribution is 6.08. The molecule has 0 aromatic heterocycles. The molecule has 1 aliphatic heterocycles. The summed E-state index contributed by atoms with van der Waals surface area (Å²) in [7, 11) is 0. The fourth-order valence-electron chi connectivity index (χ4n) is 4.52. The summed E-state index contributed by atoms with van der Waals surface area (Å²) in [6.07, 6.45) is 2.11. The number of carbonyl (C=O) groups excluding carboxylic acids is 2. The number of carbonyl (C=O) groups is 2. The minimum Gasteiger partial charge on any atom is -0.465 e. The van der Waals surface area contributed by atoms with Gasteiger partial charge in [-0.2, -0.15) is 0 Å². The largest absolute Gasteiger partial charge is 0.465 e. The van der Waals surface area contributed by atoms with E-state index in [0.717, 1.165) is 40.9 Å². The maximum Gasteiger partial charge on any atom is 0.315 e. The molecule has 0 spiro atoms. The Balaban J connectivity index is 1.74. The summed E-state index contributed by atoms with van der Waals surface area (Å²) in [6, 6.07) is 18.4. The number of ketones is 1. The van der Waals surface area contributed by atoms with Crippen molar-refractivity contribution in [3.8, 4) is 11.1 Å². The van der Waals surface area contributed by atoms with Crippen LogP contribution in [0.25, 0.3) is 11.1 Å². The minimum absolute atomic E-state index is 0.108. The van der Waals surface area contributed by atoms with E-state index in [-0.39, 0.29) is 23.6 Å². The van der Waals surface area contributed by atoms with Gasteiger partial charge in [-0.05, 0) is 42.4 Å². The lowest BCUT2D eigenvalue weighted by Gasteiger charge is -2.34. The van der Waals surface area contributed by atoms with Crippen molar-refractivity contribution in [2.45, 2.75) is 46.0 Å². The zero-order valence-electron chi connectivity index (χ0n) is 18.4. The van der Waals surface area contributed by atoms with Crippen LogP contribution in [-0.4, -0.2) is 24.1 Å². The number of benzene rings is 2. The fraction of sp³-hybridized carbons (Fsp3) is 0.370. The van der Waals surface area contributed by atoms with Gasteiger partial charge in [-0.1, -0.05) is 68.4 Å². The normalized spacial score (nSPS) is 21.0. The van der Waals surface area contributed by atoms with Crippen molar-refractivity contribution in [2.24, 2.45) is 16.8 Å². The smallest absolute Gasteiger partial charge is 0.315 e. The molecule has 4 nitrogen and oxygen atoms in total. The standard InChI is InChI=1S/C27H29NO3/c1-17(2)16-31-27(30)24-18(3)28-22-10-7-11-23(29)26(22)25(24)21-14-12-20(13-15-21)19-8-5-4-6-9-19/h4-6,8-9,12-15,17,24-25H,7,10-11,16H2,1-3H3/t24?,25-/m1/s1.